The Morgan fingerprint density at radius 3 is 2.42 bits per heavy atom. The molecule has 2 N–H and O–H groups in total. The second-order valence-electron chi connectivity index (χ2n) is 5.86. The lowest BCUT2D eigenvalue weighted by molar-refractivity contribution is 0.0827. The van der Waals surface area contributed by atoms with E-state index in [-0.39, 0.29) is 29.9 Å². The molecule has 0 fully saturated rings. The highest BCUT2D eigenvalue weighted by Gasteiger charge is 2.07. The van der Waals surface area contributed by atoms with E-state index in [9.17, 15) is 4.79 Å². The van der Waals surface area contributed by atoms with Crippen molar-refractivity contribution in [2.24, 2.45) is 4.99 Å². The number of benzene rings is 1. The summed E-state index contributed by atoms with van der Waals surface area (Å²) in [4.78, 5) is 21.8. The van der Waals surface area contributed by atoms with Crippen LogP contribution in [0.15, 0.2) is 53.8 Å². The Bertz CT molecular complexity index is 702. The largest absolute Gasteiger partial charge is 0.356 e. The van der Waals surface area contributed by atoms with Gasteiger partial charge in [-0.05, 0) is 35.7 Å². The van der Waals surface area contributed by atoms with Gasteiger partial charge >= 0.3 is 0 Å². The van der Waals surface area contributed by atoms with Gasteiger partial charge in [0.15, 0.2) is 5.96 Å². The Morgan fingerprint density at radius 2 is 1.85 bits per heavy atom. The quantitative estimate of drug-likeness (QED) is 0.389. The summed E-state index contributed by atoms with van der Waals surface area (Å²) in [6.07, 6.45) is 4.53. The van der Waals surface area contributed by atoms with Crippen LogP contribution >= 0.6 is 24.0 Å². The first-order valence-electron chi connectivity index (χ1n) is 8.24. The first kappa shape index (κ1) is 21.9. The highest BCUT2D eigenvalue weighted by atomic mass is 127. The fraction of sp³-hybridized carbons (Fsp3) is 0.316. The second-order valence-corrected chi connectivity index (χ2v) is 5.86. The van der Waals surface area contributed by atoms with E-state index in [1.807, 2.05) is 36.5 Å². The summed E-state index contributed by atoms with van der Waals surface area (Å²) in [7, 11) is 5.25. The Morgan fingerprint density at radius 1 is 1.12 bits per heavy atom. The van der Waals surface area contributed by atoms with E-state index >= 15 is 0 Å². The highest BCUT2D eigenvalue weighted by Crippen LogP contribution is 2.06. The molecule has 0 aliphatic carbocycles. The van der Waals surface area contributed by atoms with E-state index in [2.05, 4.69) is 26.7 Å². The van der Waals surface area contributed by atoms with Crippen LogP contribution in [0.4, 0.5) is 0 Å². The number of amides is 1. The summed E-state index contributed by atoms with van der Waals surface area (Å²) in [5.41, 5.74) is 2.96. The van der Waals surface area contributed by atoms with Crippen molar-refractivity contribution in [3.8, 4) is 0 Å². The number of nitrogens with one attached hydrogen (secondary N) is 2. The van der Waals surface area contributed by atoms with Gasteiger partial charge in [0.1, 0.15) is 0 Å². The maximum absolute atomic E-state index is 11.9. The normalized spacial score (nSPS) is 10.7. The van der Waals surface area contributed by atoms with Crippen molar-refractivity contribution < 1.29 is 4.79 Å². The van der Waals surface area contributed by atoms with Gasteiger partial charge in [-0.15, -0.1) is 24.0 Å². The van der Waals surface area contributed by atoms with Crippen molar-refractivity contribution >= 4 is 35.8 Å². The van der Waals surface area contributed by atoms with E-state index in [0.29, 0.717) is 12.1 Å². The SMILES string of the molecule is CN=C(NCCc1cccnc1)NCc1ccc(C(=O)N(C)C)cc1.I. The molecule has 0 bridgehead atoms. The van der Waals surface area contributed by atoms with E-state index in [0.717, 1.165) is 24.5 Å². The van der Waals surface area contributed by atoms with Crippen molar-refractivity contribution in [2.45, 2.75) is 13.0 Å². The van der Waals surface area contributed by atoms with E-state index in [1.165, 1.54) is 5.56 Å². The molecule has 0 radical (unpaired) electrons. The maximum atomic E-state index is 11.9. The lowest BCUT2D eigenvalue weighted by atomic mass is 10.1. The molecule has 0 aliphatic rings. The standard InChI is InChI=1S/C19H25N5O.HI/c1-20-19(22-12-10-15-5-4-11-21-13-15)23-14-16-6-8-17(9-7-16)18(25)24(2)3;/h4-9,11,13H,10,12,14H2,1-3H3,(H2,20,22,23);1H. The van der Waals surface area contributed by atoms with Crippen LogP contribution in [0.5, 0.6) is 0 Å². The Labute approximate surface area is 172 Å². The molecule has 1 aromatic heterocycles. The molecule has 0 saturated heterocycles. The predicted octanol–water partition coefficient (Wildman–Crippen LogP) is 2.31. The van der Waals surface area contributed by atoms with Gasteiger partial charge < -0.3 is 15.5 Å². The predicted molar refractivity (Wildman–Crippen MR) is 116 cm³/mol. The second kappa shape index (κ2) is 11.5. The third-order valence-electron chi connectivity index (χ3n) is 3.72. The number of hydrogen-bond donors (Lipinski definition) is 2. The molecule has 0 atom stereocenters. The van der Waals surface area contributed by atoms with Gasteiger partial charge in [-0.3, -0.25) is 14.8 Å². The first-order valence-corrected chi connectivity index (χ1v) is 8.24. The number of aromatic nitrogens is 1. The van der Waals surface area contributed by atoms with Crippen LogP contribution in [-0.2, 0) is 13.0 Å². The highest BCUT2D eigenvalue weighted by molar-refractivity contribution is 14.0. The number of carbonyl (C=O) groups excluding carboxylic acids is 1. The summed E-state index contributed by atoms with van der Waals surface area (Å²) in [5, 5.41) is 6.55. The maximum Gasteiger partial charge on any atom is 0.253 e. The molecular weight excluding hydrogens is 441 g/mol. The van der Waals surface area contributed by atoms with E-state index in [4.69, 9.17) is 0 Å². The molecular formula is C19H26IN5O. The average Bonchev–Trinajstić information content (AvgIpc) is 2.65. The van der Waals surface area contributed by atoms with Gasteiger partial charge in [-0.1, -0.05) is 18.2 Å². The van der Waals surface area contributed by atoms with Crippen LogP contribution in [0.25, 0.3) is 0 Å². The zero-order valence-corrected chi connectivity index (χ0v) is 17.7. The minimum absolute atomic E-state index is 0. The smallest absolute Gasteiger partial charge is 0.253 e. The molecule has 0 saturated carbocycles. The zero-order valence-electron chi connectivity index (χ0n) is 15.4. The Balaban J connectivity index is 0.00000338. The van der Waals surface area contributed by atoms with Gasteiger partial charge in [-0.25, -0.2) is 0 Å². The number of halogens is 1. The average molecular weight is 467 g/mol. The fourth-order valence-electron chi connectivity index (χ4n) is 2.30. The van der Waals surface area contributed by atoms with Crippen LogP contribution < -0.4 is 10.6 Å². The van der Waals surface area contributed by atoms with Gasteiger partial charge in [0, 0.05) is 52.2 Å². The summed E-state index contributed by atoms with van der Waals surface area (Å²) >= 11 is 0. The molecule has 1 aromatic carbocycles. The van der Waals surface area contributed by atoms with Crippen molar-refractivity contribution in [1.29, 1.82) is 0 Å². The molecule has 0 spiro atoms. The number of aliphatic imine (C=N–C) groups is 1. The monoisotopic (exact) mass is 467 g/mol. The Kier molecular flexibility index (Phi) is 9.64. The molecule has 7 heteroatoms. The number of guanidine groups is 1. The van der Waals surface area contributed by atoms with Crippen molar-refractivity contribution in [1.82, 2.24) is 20.5 Å². The number of rotatable bonds is 6. The molecule has 1 heterocycles. The van der Waals surface area contributed by atoms with Crippen LogP contribution in [-0.4, -0.2) is 49.4 Å². The van der Waals surface area contributed by atoms with Gasteiger partial charge in [-0.2, -0.15) is 0 Å². The van der Waals surface area contributed by atoms with Crippen LogP contribution in [0.3, 0.4) is 0 Å². The minimum atomic E-state index is 0. The fourth-order valence-corrected chi connectivity index (χ4v) is 2.30. The van der Waals surface area contributed by atoms with Crippen LogP contribution in [0, 0.1) is 0 Å². The third kappa shape index (κ3) is 6.99. The van der Waals surface area contributed by atoms with E-state index < -0.39 is 0 Å². The lowest BCUT2D eigenvalue weighted by Crippen LogP contribution is -2.37. The van der Waals surface area contributed by atoms with Crippen molar-refractivity contribution in [3.63, 3.8) is 0 Å². The molecule has 2 rings (SSSR count). The summed E-state index contributed by atoms with van der Waals surface area (Å²) in [6, 6.07) is 11.6. The molecule has 2 aromatic rings. The number of hydrogen-bond acceptors (Lipinski definition) is 3. The summed E-state index contributed by atoms with van der Waals surface area (Å²) in [6.45, 7) is 1.42. The summed E-state index contributed by atoms with van der Waals surface area (Å²) < 4.78 is 0. The van der Waals surface area contributed by atoms with Crippen molar-refractivity contribution in [2.75, 3.05) is 27.7 Å². The molecule has 0 aliphatic heterocycles. The van der Waals surface area contributed by atoms with Crippen molar-refractivity contribution in [3.05, 3.63) is 65.5 Å². The molecule has 140 valence electrons. The number of pyridine rings is 1. The van der Waals surface area contributed by atoms with Gasteiger partial charge in [0.25, 0.3) is 5.91 Å². The molecule has 1 amide bonds. The van der Waals surface area contributed by atoms with Crippen LogP contribution in [0.1, 0.15) is 21.5 Å². The van der Waals surface area contributed by atoms with Gasteiger partial charge in [0.05, 0.1) is 0 Å². The molecule has 6 nitrogen and oxygen atoms in total. The Hall–Kier alpha value is -2.16. The molecule has 26 heavy (non-hydrogen) atoms. The zero-order chi connectivity index (χ0) is 18.1. The summed E-state index contributed by atoms with van der Waals surface area (Å²) in [5.74, 6) is 0.754. The number of nitrogens with zero attached hydrogens (tertiary/aromatic N) is 3. The van der Waals surface area contributed by atoms with Gasteiger partial charge in [0.2, 0.25) is 0 Å². The lowest BCUT2D eigenvalue weighted by Gasteiger charge is -2.13. The molecule has 0 unspecified atom stereocenters. The van der Waals surface area contributed by atoms with Crippen LogP contribution in [0.2, 0.25) is 0 Å². The third-order valence-corrected chi connectivity index (χ3v) is 3.72. The number of carbonyl (C=O) groups is 1. The minimum Gasteiger partial charge on any atom is -0.356 e. The first-order chi connectivity index (χ1) is 12.1. The topological polar surface area (TPSA) is 69.6 Å². The van der Waals surface area contributed by atoms with E-state index in [1.54, 1.807) is 32.2 Å².